The van der Waals surface area contributed by atoms with Crippen LogP contribution in [0.15, 0.2) is 30.3 Å². The average molecular weight is 250 g/mol. The summed E-state index contributed by atoms with van der Waals surface area (Å²) in [6.45, 7) is 11.7. The van der Waals surface area contributed by atoms with Crippen LogP contribution < -0.4 is 0 Å². The zero-order chi connectivity index (χ0) is 14.0. The van der Waals surface area contributed by atoms with E-state index >= 15 is 0 Å². The summed E-state index contributed by atoms with van der Waals surface area (Å²) < 4.78 is 0. The Morgan fingerprint density at radius 1 is 1.06 bits per heavy atom. The number of hydrogen-bond acceptors (Lipinski definition) is 1. The van der Waals surface area contributed by atoms with E-state index in [-0.39, 0.29) is 6.61 Å². The van der Waals surface area contributed by atoms with Gasteiger partial charge in [-0.3, -0.25) is 0 Å². The Hall–Kier alpha value is -0.820. The van der Waals surface area contributed by atoms with Gasteiger partial charge in [0.15, 0.2) is 0 Å². The van der Waals surface area contributed by atoms with Crippen molar-refractivity contribution in [2.24, 2.45) is 11.3 Å². The first-order chi connectivity index (χ1) is 8.35. The van der Waals surface area contributed by atoms with Crippen LogP contribution in [0, 0.1) is 11.3 Å². The van der Waals surface area contributed by atoms with Crippen molar-refractivity contribution in [1.29, 1.82) is 0 Å². The molecule has 1 rings (SSSR count). The molecule has 0 aliphatic heterocycles. The van der Waals surface area contributed by atoms with Crippen LogP contribution in [0.5, 0.6) is 0 Å². The summed E-state index contributed by atoms with van der Waals surface area (Å²) in [6, 6.07) is 10.2. The van der Waals surface area contributed by atoms with Crippen molar-refractivity contribution in [3.63, 3.8) is 0 Å². The molecule has 1 N–H and O–H groups in total. The molecule has 18 heavy (non-hydrogen) atoms. The van der Waals surface area contributed by atoms with Gasteiger partial charge in [-0.2, -0.15) is 0 Å². The summed E-state index contributed by atoms with van der Waals surface area (Å²) in [5.41, 5.74) is 1.82. The minimum absolute atomic E-state index is 0.287. The third kappa shape index (κ3) is 11.7. The van der Waals surface area contributed by atoms with Gasteiger partial charge in [0.2, 0.25) is 0 Å². The van der Waals surface area contributed by atoms with Crippen LogP contribution in [0.25, 0.3) is 0 Å². The van der Waals surface area contributed by atoms with E-state index in [2.05, 4.69) is 46.8 Å². The van der Waals surface area contributed by atoms with Crippen LogP contribution in [0.4, 0.5) is 0 Å². The highest BCUT2D eigenvalue weighted by atomic mass is 16.2. The molecule has 1 aromatic carbocycles. The molecule has 0 saturated heterocycles. The van der Waals surface area contributed by atoms with Gasteiger partial charge in [0, 0.05) is 6.61 Å². The largest absolute Gasteiger partial charge is 0.396 e. The van der Waals surface area contributed by atoms with Crippen molar-refractivity contribution in [3.8, 4) is 0 Å². The molecule has 0 fully saturated rings. The first-order valence-corrected chi connectivity index (χ1v) is 7.00. The maximum atomic E-state index is 8.53. The van der Waals surface area contributed by atoms with E-state index in [0.717, 1.165) is 18.8 Å². The maximum Gasteiger partial charge on any atom is 0.0434 e. The van der Waals surface area contributed by atoms with Crippen molar-refractivity contribution in [2.75, 3.05) is 6.61 Å². The number of aliphatic hydroxyl groups excluding tert-OH is 1. The highest BCUT2D eigenvalue weighted by molar-refractivity contribution is 5.14. The summed E-state index contributed by atoms with van der Waals surface area (Å²) >= 11 is 0. The standard InChI is InChI=1S/C9H12O.C8H18/c10-8-4-7-9-5-2-1-3-6-9;1-7(2)6-8(3,4)5/h1-3,5-6,10H,4,7-8H2;7H,6H2,1-5H3. The fraction of sp³-hybridized carbons (Fsp3) is 0.647. The highest BCUT2D eigenvalue weighted by Gasteiger charge is 2.11. The van der Waals surface area contributed by atoms with Gasteiger partial charge in [0.25, 0.3) is 0 Å². The normalized spacial score (nSPS) is 11.1. The summed E-state index contributed by atoms with van der Waals surface area (Å²) in [6.07, 6.45) is 3.17. The topological polar surface area (TPSA) is 20.2 Å². The van der Waals surface area contributed by atoms with Crippen LogP contribution in [-0.2, 0) is 6.42 Å². The van der Waals surface area contributed by atoms with Gasteiger partial charge >= 0.3 is 0 Å². The number of aryl methyl sites for hydroxylation is 1. The molecule has 0 bridgehead atoms. The van der Waals surface area contributed by atoms with Crippen LogP contribution >= 0.6 is 0 Å². The predicted octanol–water partition coefficient (Wildman–Crippen LogP) is 4.69. The maximum absolute atomic E-state index is 8.53. The molecule has 0 aliphatic rings. The fourth-order valence-corrected chi connectivity index (χ4v) is 2.15. The third-order valence-electron chi connectivity index (χ3n) is 2.49. The quantitative estimate of drug-likeness (QED) is 0.822. The second kappa shape index (κ2) is 9.16. The highest BCUT2D eigenvalue weighted by Crippen LogP contribution is 2.23. The Bertz CT molecular complexity index is 282. The fourth-order valence-electron chi connectivity index (χ4n) is 2.15. The van der Waals surface area contributed by atoms with E-state index in [1.807, 2.05) is 18.2 Å². The molecule has 1 heteroatoms. The van der Waals surface area contributed by atoms with Crippen molar-refractivity contribution in [2.45, 2.75) is 53.9 Å². The van der Waals surface area contributed by atoms with Gasteiger partial charge in [-0.1, -0.05) is 65.0 Å². The molecular weight excluding hydrogens is 220 g/mol. The minimum Gasteiger partial charge on any atom is -0.396 e. The van der Waals surface area contributed by atoms with Crippen LogP contribution in [0.2, 0.25) is 0 Å². The average Bonchev–Trinajstić information content (AvgIpc) is 2.25. The zero-order valence-electron chi connectivity index (χ0n) is 12.7. The zero-order valence-corrected chi connectivity index (χ0v) is 12.7. The van der Waals surface area contributed by atoms with Crippen LogP contribution in [0.1, 0.15) is 53.0 Å². The van der Waals surface area contributed by atoms with E-state index in [0.29, 0.717) is 5.41 Å². The molecule has 0 radical (unpaired) electrons. The molecule has 0 saturated carbocycles. The lowest BCUT2D eigenvalue weighted by atomic mass is 9.86. The predicted molar refractivity (Wildman–Crippen MR) is 80.8 cm³/mol. The molecule has 0 atom stereocenters. The lowest BCUT2D eigenvalue weighted by Crippen LogP contribution is -2.08. The molecule has 0 spiro atoms. The first-order valence-electron chi connectivity index (χ1n) is 7.00. The van der Waals surface area contributed by atoms with Gasteiger partial charge < -0.3 is 5.11 Å². The van der Waals surface area contributed by atoms with Gasteiger partial charge in [0.1, 0.15) is 0 Å². The summed E-state index contributed by atoms with van der Waals surface area (Å²) in [5.74, 6) is 0.843. The van der Waals surface area contributed by atoms with Crippen molar-refractivity contribution in [1.82, 2.24) is 0 Å². The molecule has 0 unspecified atom stereocenters. The van der Waals surface area contributed by atoms with E-state index in [1.54, 1.807) is 0 Å². The van der Waals surface area contributed by atoms with Gasteiger partial charge in [-0.25, -0.2) is 0 Å². The second-order valence-corrected chi connectivity index (χ2v) is 6.47. The summed E-state index contributed by atoms with van der Waals surface area (Å²) in [7, 11) is 0. The molecular formula is C17H30O. The molecule has 0 aromatic heterocycles. The smallest absolute Gasteiger partial charge is 0.0434 e. The van der Waals surface area contributed by atoms with E-state index in [9.17, 15) is 0 Å². The Morgan fingerprint density at radius 3 is 1.94 bits per heavy atom. The van der Waals surface area contributed by atoms with E-state index < -0.39 is 0 Å². The van der Waals surface area contributed by atoms with Crippen LogP contribution in [-0.4, -0.2) is 11.7 Å². The second-order valence-electron chi connectivity index (χ2n) is 6.47. The Balaban J connectivity index is 0.000000331. The van der Waals surface area contributed by atoms with Gasteiger partial charge in [0.05, 0.1) is 0 Å². The Kier molecular flexibility index (Phi) is 8.74. The number of rotatable bonds is 4. The van der Waals surface area contributed by atoms with Crippen molar-refractivity contribution < 1.29 is 5.11 Å². The number of aliphatic hydroxyl groups is 1. The summed E-state index contributed by atoms with van der Waals surface area (Å²) in [4.78, 5) is 0. The first kappa shape index (κ1) is 17.2. The number of benzene rings is 1. The van der Waals surface area contributed by atoms with E-state index in [1.165, 1.54) is 12.0 Å². The third-order valence-corrected chi connectivity index (χ3v) is 2.49. The minimum atomic E-state index is 0.287. The molecule has 104 valence electrons. The molecule has 1 nitrogen and oxygen atoms in total. The lowest BCUT2D eigenvalue weighted by molar-refractivity contribution is 0.288. The number of hydrogen-bond donors (Lipinski definition) is 1. The molecule has 0 aliphatic carbocycles. The van der Waals surface area contributed by atoms with Gasteiger partial charge in [-0.05, 0) is 36.2 Å². The Labute approximate surface area is 113 Å². The monoisotopic (exact) mass is 250 g/mol. The van der Waals surface area contributed by atoms with Crippen molar-refractivity contribution in [3.05, 3.63) is 35.9 Å². The molecule has 0 heterocycles. The lowest BCUT2D eigenvalue weighted by Gasteiger charge is -2.19. The summed E-state index contributed by atoms with van der Waals surface area (Å²) in [5, 5.41) is 8.53. The molecule has 1 aromatic rings. The van der Waals surface area contributed by atoms with Crippen molar-refractivity contribution >= 4 is 0 Å². The van der Waals surface area contributed by atoms with E-state index in [4.69, 9.17) is 5.11 Å². The van der Waals surface area contributed by atoms with Crippen LogP contribution in [0.3, 0.4) is 0 Å². The Morgan fingerprint density at radius 2 is 1.61 bits per heavy atom. The SMILES string of the molecule is CC(C)CC(C)(C)C.OCCCc1ccccc1. The van der Waals surface area contributed by atoms with Gasteiger partial charge in [-0.15, -0.1) is 0 Å². The molecule has 0 amide bonds.